The number of hydrogen-bond acceptors (Lipinski definition) is 6. The number of anilines is 2. The van der Waals surface area contributed by atoms with Gasteiger partial charge in [0.2, 0.25) is 0 Å². The average Bonchev–Trinajstić information content (AvgIpc) is 3.44. The Kier molecular flexibility index (Phi) is 5.84. The predicted octanol–water partition coefficient (Wildman–Crippen LogP) is 3.40. The predicted molar refractivity (Wildman–Crippen MR) is 121 cm³/mol. The van der Waals surface area contributed by atoms with Crippen LogP contribution in [0.4, 0.5) is 11.4 Å². The first-order valence-corrected chi connectivity index (χ1v) is 12.0. The maximum atomic E-state index is 12.6. The van der Waals surface area contributed by atoms with E-state index in [0.717, 1.165) is 31.5 Å². The molecule has 4 rings (SSSR count). The van der Waals surface area contributed by atoms with E-state index in [0.29, 0.717) is 23.1 Å². The van der Waals surface area contributed by atoms with E-state index < -0.39 is 9.84 Å². The van der Waals surface area contributed by atoms with Crippen LogP contribution in [0.3, 0.4) is 0 Å². The highest BCUT2D eigenvalue weighted by Crippen LogP contribution is 2.25. The van der Waals surface area contributed by atoms with Crippen molar-refractivity contribution >= 4 is 27.1 Å². The molecule has 1 fully saturated rings. The Morgan fingerprint density at radius 1 is 1.03 bits per heavy atom. The summed E-state index contributed by atoms with van der Waals surface area (Å²) in [5, 5.41) is 6.15. The smallest absolute Gasteiger partial charge is 0.291 e. The largest absolute Gasteiger partial charge is 0.451 e. The van der Waals surface area contributed by atoms with Gasteiger partial charge in [0.15, 0.2) is 15.6 Å². The van der Waals surface area contributed by atoms with Gasteiger partial charge >= 0.3 is 0 Å². The molecule has 0 aliphatic carbocycles. The number of amides is 1. The van der Waals surface area contributed by atoms with E-state index in [1.165, 1.54) is 12.1 Å². The van der Waals surface area contributed by atoms with Crippen LogP contribution in [0.5, 0.6) is 0 Å². The van der Waals surface area contributed by atoms with Crippen molar-refractivity contribution in [3.8, 4) is 11.3 Å². The van der Waals surface area contributed by atoms with Crippen LogP contribution in [0.25, 0.3) is 11.3 Å². The highest BCUT2D eigenvalue weighted by Gasteiger charge is 2.21. The summed E-state index contributed by atoms with van der Waals surface area (Å²) in [5.74, 6) is 0.333. The summed E-state index contributed by atoms with van der Waals surface area (Å²) in [4.78, 5) is 15.1. The van der Waals surface area contributed by atoms with Crippen LogP contribution < -0.4 is 15.5 Å². The molecule has 0 radical (unpaired) electrons. The van der Waals surface area contributed by atoms with Crippen molar-refractivity contribution < 1.29 is 17.6 Å². The van der Waals surface area contributed by atoms with Gasteiger partial charge in [-0.3, -0.25) is 4.79 Å². The fourth-order valence-electron chi connectivity index (χ4n) is 3.66. The lowest BCUT2D eigenvalue weighted by atomic mass is 10.2. The van der Waals surface area contributed by atoms with Gasteiger partial charge < -0.3 is 20.0 Å². The van der Waals surface area contributed by atoms with Gasteiger partial charge in [-0.1, -0.05) is 0 Å². The van der Waals surface area contributed by atoms with Crippen LogP contribution in [0.15, 0.2) is 70.0 Å². The number of nitrogens with one attached hydrogen (secondary N) is 2. The molecular weight excluding hydrogens is 414 g/mol. The molecule has 0 spiro atoms. The Balaban J connectivity index is 1.41. The summed E-state index contributed by atoms with van der Waals surface area (Å²) in [6.07, 6.45) is 2.28. The molecule has 1 aliphatic heterocycles. The van der Waals surface area contributed by atoms with Crippen molar-refractivity contribution in [3.63, 3.8) is 0 Å². The summed E-state index contributed by atoms with van der Waals surface area (Å²) in [6, 6.07) is 17.9. The lowest BCUT2D eigenvalue weighted by molar-refractivity contribution is 0.0997. The Labute approximate surface area is 182 Å². The molecule has 8 heteroatoms. The number of furan rings is 1. The molecule has 0 bridgehead atoms. The van der Waals surface area contributed by atoms with Crippen molar-refractivity contribution in [1.82, 2.24) is 5.32 Å². The lowest BCUT2D eigenvalue weighted by Gasteiger charge is -2.19. The topological polar surface area (TPSA) is 91.6 Å². The van der Waals surface area contributed by atoms with E-state index in [1.54, 1.807) is 24.3 Å². The molecule has 3 aromatic rings. The summed E-state index contributed by atoms with van der Waals surface area (Å²) in [7, 11) is -1.27. The first kappa shape index (κ1) is 21.1. The number of hydrogen-bond donors (Lipinski definition) is 2. The zero-order chi connectivity index (χ0) is 22.0. The van der Waals surface area contributed by atoms with Gasteiger partial charge in [-0.2, -0.15) is 0 Å². The fraction of sp³-hybridized carbons (Fsp3) is 0.261. The van der Waals surface area contributed by atoms with Crippen molar-refractivity contribution in [2.24, 2.45) is 0 Å². The Bertz CT molecular complexity index is 1170. The molecule has 1 atom stereocenters. The third-order valence-electron chi connectivity index (χ3n) is 5.48. The quantitative estimate of drug-likeness (QED) is 0.612. The second kappa shape index (κ2) is 8.56. The molecule has 1 amide bonds. The van der Waals surface area contributed by atoms with Gasteiger partial charge in [0.05, 0.1) is 4.90 Å². The molecule has 162 valence electrons. The van der Waals surface area contributed by atoms with Crippen LogP contribution in [0.2, 0.25) is 0 Å². The fourth-order valence-corrected chi connectivity index (χ4v) is 4.29. The Morgan fingerprint density at radius 3 is 2.35 bits per heavy atom. The van der Waals surface area contributed by atoms with Gasteiger partial charge in [0.25, 0.3) is 5.91 Å². The summed E-state index contributed by atoms with van der Waals surface area (Å²) in [5.41, 5.74) is 2.52. The summed E-state index contributed by atoms with van der Waals surface area (Å²) in [6.45, 7) is 1.99. The number of carbonyl (C=O) groups excluding carboxylic acids is 1. The van der Waals surface area contributed by atoms with Gasteiger partial charge in [-0.05, 0) is 74.1 Å². The molecule has 1 aliphatic rings. The maximum absolute atomic E-state index is 12.6. The van der Waals surface area contributed by atoms with E-state index in [9.17, 15) is 13.2 Å². The minimum absolute atomic E-state index is 0.183. The maximum Gasteiger partial charge on any atom is 0.291 e. The number of sulfone groups is 1. The minimum Gasteiger partial charge on any atom is -0.451 e. The van der Waals surface area contributed by atoms with Gasteiger partial charge in [0.1, 0.15) is 5.76 Å². The molecular formula is C23H25N3O4S. The molecule has 31 heavy (non-hydrogen) atoms. The van der Waals surface area contributed by atoms with Crippen molar-refractivity contribution in [2.45, 2.75) is 17.4 Å². The highest BCUT2D eigenvalue weighted by molar-refractivity contribution is 7.90. The van der Waals surface area contributed by atoms with Crippen LogP contribution >= 0.6 is 0 Å². The van der Waals surface area contributed by atoms with E-state index in [-0.39, 0.29) is 16.6 Å². The molecule has 1 aromatic heterocycles. The van der Waals surface area contributed by atoms with Crippen molar-refractivity contribution in [2.75, 3.05) is 36.6 Å². The third-order valence-corrected chi connectivity index (χ3v) is 6.61. The monoisotopic (exact) mass is 439 g/mol. The molecule has 1 saturated heterocycles. The first-order valence-electron chi connectivity index (χ1n) is 10.1. The average molecular weight is 440 g/mol. The number of benzene rings is 2. The molecule has 2 aromatic carbocycles. The minimum atomic E-state index is -3.26. The SMILES string of the molecule is CNC1CCN(c2ccc(NC(=O)c3ccc(-c4ccc(S(C)(=O)=O)cc4)o3)cc2)C1. The molecule has 1 unspecified atom stereocenters. The standard InChI is InChI=1S/C23H25N3O4S/c1-24-18-13-14-26(15-18)19-7-5-17(6-8-19)25-23(27)22-12-11-21(30-22)16-3-9-20(10-4-16)31(2,28)29/h3-12,18,24H,13-15H2,1-2H3,(H,25,27). The van der Waals surface area contributed by atoms with Gasteiger partial charge in [-0.15, -0.1) is 0 Å². The normalized spacial score (nSPS) is 16.5. The van der Waals surface area contributed by atoms with Crippen molar-refractivity contribution in [3.05, 3.63) is 66.4 Å². The summed E-state index contributed by atoms with van der Waals surface area (Å²) >= 11 is 0. The van der Waals surface area contributed by atoms with E-state index in [2.05, 4.69) is 15.5 Å². The molecule has 7 nitrogen and oxygen atoms in total. The number of rotatable bonds is 6. The zero-order valence-electron chi connectivity index (χ0n) is 17.5. The molecule has 0 saturated carbocycles. The Hall–Kier alpha value is -3.10. The molecule has 2 N–H and O–H groups in total. The third kappa shape index (κ3) is 4.81. The Morgan fingerprint density at radius 2 is 1.74 bits per heavy atom. The van der Waals surface area contributed by atoms with Gasteiger partial charge in [-0.25, -0.2) is 8.42 Å². The number of carbonyl (C=O) groups is 1. The van der Waals surface area contributed by atoms with Crippen LogP contribution in [-0.2, 0) is 9.84 Å². The number of nitrogens with zero attached hydrogens (tertiary/aromatic N) is 1. The zero-order valence-corrected chi connectivity index (χ0v) is 18.3. The van der Waals surface area contributed by atoms with Crippen LogP contribution in [0.1, 0.15) is 17.0 Å². The molecule has 2 heterocycles. The van der Waals surface area contributed by atoms with E-state index in [1.807, 2.05) is 31.3 Å². The second-order valence-electron chi connectivity index (χ2n) is 7.68. The lowest BCUT2D eigenvalue weighted by Crippen LogP contribution is -2.29. The van der Waals surface area contributed by atoms with Crippen LogP contribution in [-0.4, -0.2) is 46.8 Å². The summed E-state index contributed by atoms with van der Waals surface area (Å²) < 4.78 is 28.9. The van der Waals surface area contributed by atoms with Crippen LogP contribution in [0, 0.1) is 0 Å². The number of likely N-dealkylation sites (N-methyl/N-ethyl adjacent to an activating group) is 1. The van der Waals surface area contributed by atoms with Gasteiger partial charge in [0, 0.05) is 42.3 Å². The van der Waals surface area contributed by atoms with E-state index >= 15 is 0 Å². The van der Waals surface area contributed by atoms with Crippen molar-refractivity contribution in [1.29, 1.82) is 0 Å². The second-order valence-corrected chi connectivity index (χ2v) is 9.70. The first-order chi connectivity index (χ1) is 14.8. The van der Waals surface area contributed by atoms with E-state index in [4.69, 9.17) is 4.42 Å². The highest BCUT2D eigenvalue weighted by atomic mass is 32.2.